The number of methoxy groups -OCH3 is 1. The van der Waals surface area contributed by atoms with Crippen LogP contribution in [0.4, 0.5) is 0 Å². The van der Waals surface area contributed by atoms with E-state index in [0.717, 1.165) is 11.3 Å². The first-order valence-corrected chi connectivity index (χ1v) is 7.49. The Hall–Kier alpha value is -3.06. The van der Waals surface area contributed by atoms with E-state index < -0.39 is 0 Å². The number of pyridine rings is 1. The van der Waals surface area contributed by atoms with Gasteiger partial charge >= 0.3 is 0 Å². The monoisotopic (exact) mass is 321 g/mol. The van der Waals surface area contributed by atoms with E-state index in [1.54, 1.807) is 28.6 Å². The second-order valence-corrected chi connectivity index (χ2v) is 5.56. The molecule has 0 aliphatic heterocycles. The summed E-state index contributed by atoms with van der Waals surface area (Å²) in [5.41, 5.74) is 2.44. The van der Waals surface area contributed by atoms with Gasteiger partial charge in [-0.2, -0.15) is 9.50 Å². The maximum Gasteiger partial charge on any atom is 0.266 e. The lowest BCUT2D eigenvalue weighted by atomic mass is 10.2. The Kier molecular flexibility index (Phi) is 3.35. The molecule has 1 aromatic carbocycles. The number of benzene rings is 1. The van der Waals surface area contributed by atoms with Crippen molar-refractivity contribution in [3.63, 3.8) is 0 Å². The normalized spacial score (nSPS) is 11.4. The summed E-state index contributed by atoms with van der Waals surface area (Å²) in [4.78, 5) is 21.4. The topological polar surface area (TPSA) is 74.3 Å². The summed E-state index contributed by atoms with van der Waals surface area (Å²) in [5, 5.41) is 4.84. The number of fused-ring (bicyclic) bond motifs is 3. The third-order valence-corrected chi connectivity index (χ3v) is 3.83. The number of hydrogen-bond acceptors (Lipinski definition) is 5. The summed E-state index contributed by atoms with van der Waals surface area (Å²) in [6.07, 6.45) is 3.29. The van der Waals surface area contributed by atoms with E-state index >= 15 is 0 Å². The molecule has 7 heteroatoms. The van der Waals surface area contributed by atoms with Crippen LogP contribution in [0.5, 0.6) is 0 Å². The third kappa shape index (κ3) is 2.26. The molecular weight excluding hydrogens is 306 g/mol. The molecule has 0 saturated carbocycles. The van der Waals surface area contributed by atoms with Crippen LogP contribution in [0.3, 0.4) is 0 Å². The maximum absolute atomic E-state index is 12.9. The van der Waals surface area contributed by atoms with E-state index in [2.05, 4.69) is 15.1 Å². The van der Waals surface area contributed by atoms with Crippen LogP contribution >= 0.6 is 0 Å². The Morgan fingerprint density at radius 3 is 2.92 bits per heavy atom. The summed E-state index contributed by atoms with van der Waals surface area (Å²) in [6.45, 7) is 2.29. The lowest BCUT2D eigenvalue weighted by Crippen LogP contribution is -2.18. The van der Waals surface area contributed by atoms with E-state index in [0.29, 0.717) is 29.1 Å². The van der Waals surface area contributed by atoms with Gasteiger partial charge in [-0.3, -0.25) is 9.36 Å². The Morgan fingerprint density at radius 1 is 1.25 bits per heavy atom. The minimum absolute atomic E-state index is 0.142. The Balaban J connectivity index is 1.96. The minimum Gasteiger partial charge on any atom is -0.377 e. The van der Waals surface area contributed by atoms with E-state index in [1.165, 1.54) is 0 Å². The fourth-order valence-electron chi connectivity index (χ4n) is 2.73. The SMILES string of the molecule is COCc1nc2ncc3c(=O)n(-c4cccc(C)c4)ccc3n2n1. The predicted molar refractivity (Wildman–Crippen MR) is 89.3 cm³/mol. The molecular formula is C17H15N5O2. The number of hydrogen-bond donors (Lipinski definition) is 0. The van der Waals surface area contributed by atoms with Crippen molar-refractivity contribution in [2.45, 2.75) is 13.5 Å². The molecule has 0 unspecified atom stereocenters. The average Bonchev–Trinajstić information content (AvgIpc) is 2.98. The summed E-state index contributed by atoms with van der Waals surface area (Å²) in [6, 6.07) is 9.63. The predicted octanol–water partition coefficient (Wildman–Crippen LogP) is 1.88. The number of ether oxygens (including phenoxy) is 1. The molecule has 0 amide bonds. The zero-order chi connectivity index (χ0) is 16.7. The van der Waals surface area contributed by atoms with Crippen LogP contribution in [-0.4, -0.2) is 31.3 Å². The van der Waals surface area contributed by atoms with Gasteiger partial charge in [0.1, 0.15) is 6.61 Å². The molecule has 0 aliphatic carbocycles. The number of rotatable bonds is 3. The zero-order valence-corrected chi connectivity index (χ0v) is 13.3. The lowest BCUT2D eigenvalue weighted by molar-refractivity contribution is 0.178. The molecule has 120 valence electrons. The van der Waals surface area contributed by atoms with Crippen molar-refractivity contribution in [3.8, 4) is 5.69 Å². The average molecular weight is 321 g/mol. The first-order chi connectivity index (χ1) is 11.7. The largest absolute Gasteiger partial charge is 0.377 e. The highest BCUT2D eigenvalue weighted by atomic mass is 16.5. The highest BCUT2D eigenvalue weighted by Gasteiger charge is 2.12. The van der Waals surface area contributed by atoms with Crippen molar-refractivity contribution in [1.29, 1.82) is 0 Å². The molecule has 7 nitrogen and oxygen atoms in total. The third-order valence-electron chi connectivity index (χ3n) is 3.83. The molecule has 0 saturated heterocycles. The maximum atomic E-state index is 12.9. The van der Waals surface area contributed by atoms with Crippen molar-refractivity contribution in [1.82, 2.24) is 24.1 Å². The van der Waals surface area contributed by atoms with Gasteiger partial charge in [0.2, 0.25) is 0 Å². The van der Waals surface area contributed by atoms with Gasteiger partial charge in [0, 0.05) is 25.2 Å². The van der Waals surface area contributed by atoms with Crippen molar-refractivity contribution >= 4 is 16.7 Å². The zero-order valence-electron chi connectivity index (χ0n) is 13.3. The van der Waals surface area contributed by atoms with Crippen LogP contribution in [0.1, 0.15) is 11.4 Å². The second kappa shape index (κ2) is 5.54. The molecule has 0 radical (unpaired) electrons. The highest BCUT2D eigenvalue weighted by molar-refractivity contribution is 5.78. The summed E-state index contributed by atoms with van der Waals surface area (Å²) < 4.78 is 8.23. The van der Waals surface area contributed by atoms with Crippen molar-refractivity contribution < 1.29 is 4.74 Å². The smallest absolute Gasteiger partial charge is 0.266 e. The summed E-state index contributed by atoms with van der Waals surface area (Å²) >= 11 is 0. The molecule has 3 heterocycles. The quantitative estimate of drug-likeness (QED) is 0.576. The van der Waals surface area contributed by atoms with Gasteiger partial charge in [0.15, 0.2) is 5.82 Å². The fourth-order valence-corrected chi connectivity index (χ4v) is 2.73. The van der Waals surface area contributed by atoms with E-state index in [1.807, 2.05) is 37.3 Å². The Bertz CT molecular complexity index is 1110. The molecule has 4 aromatic rings. The van der Waals surface area contributed by atoms with Crippen LogP contribution in [0, 0.1) is 6.92 Å². The van der Waals surface area contributed by atoms with Gasteiger partial charge in [-0.15, -0.1) is 5.10 Å². The van der Waals surface area contributed by atoms with Crippen LogP contribution in [0.2, 0.25) is 0 Å². The number of aromatic nitrogens is 5. The van der Waals surface area contributed by atoms with Crippen molar-refractivity contribution in [2.24, 2.45) is 0 Å². The van der Waals surface area contributed by atoms with Crippen molar-refractivity contribution in [2.75, 3.05) is 7.11 Å². The summed E-state index contributed by atoms with van der Waals surface area (Å²) in [5.74, 6) is 0.975. The van der Waals surface area contributed by atoms with Gasteiger partial charge in [0.05, 0.1) is 10.9 Å². The second-order valence-electron chi connectivity index (χ2n) is 5.56. The molecule has 0 spiro atoms. The van der Waals surface area contributed by atoms with Crippen molar-refractivity contribution in [3.05, 3.63) is 64.5 Å². The van der Waals surface area contributed by atoms with Gasteiger partial charge in [-0.25, -0.2) is 4.98 Å². The first-order valence-electron chi connectivity index (χ1n) is 7.49. The lowest BCUT2D eigenvalue weighted by Gasteiger charge is -2.08. The molecule has 0 bridgehead atoms. The van der Waals surface area contributed by atoms with E-state index in [4.69, 9.17) is 4.74 Å². The van der Waals surface area contributed by atoms with Crippen LogP contribution in [0.25, 0.3) is 22.4 Å². The molecule has 0 aliphatic rings. The standard InChI is InChI=1S/C17H15N5O2/c1-11-4-3-5-12(8-11)21-7-6-14-13(16(21)23)9-18-17-19-15(10-24-2)20-22(14)17/h3-9H,10H2,1-2H3. The molecule has 3 aromatic heterocycles. The van der Waals surface area contributed by atoms with Gasteiger partial charge in [0.25, 0.3) is 11.3 Å². The fraction of sp³-hybridized carbons (Fsp3) is 0.176. The Morgan fingerprint density at radius 2 is 2.12 bits per heavy atom. The summed E-state index contributed by atoms with van der Waals surface area (Å²) in [7, 11) is 1.58. The van der Waals surface area contributed by atoms with Crippen LogP contribution in [-0.2, 0) is 11.3 Å². The van der Waals surface area contributed by atoms with Gasteiger partial charge in [-0.05, 0) is 30.7 Å². The van der Waals surface area contributed by atoms with Crippen LogP contribution < -0.4 is 5.56 Å². The van der Waals surface area contributed by atoms with E-state index in [-0.39, 0.29) is 5.56 Å². The van der Waals surface area contributed by atoms with Gasteiger partial charge < -0.3 is 4.74 Å². The number of nitrogens with zero attached hydrogens (tertiary/aromatic N) is 5. The highest BCUT2D eigenvalue weighted by Crippen LogP contribution is 2.14. The molecule has 4 rings (SSSR count). The molecule has 24 heavy (non-hydrogen) atoms. The molecule has 0 atom stereocenters. The molecule has 0 fully saturated rings. The minimum atomic E-state index is -0.142. The first kappa shape index (κ1) is 14.5. The van der Waals surface area contributed by atoms with Crippen LogP contribution in [0.15, 0.2) is 47.5 Å². The van der Waals surface area contributed by atoms with Gasteiger partial charge in [-0.1, -0.05) is 12.1 Å². The Labute approximate surface area is 137 Å². The van der Waals surface area contributed by atoms with E-state index in [9.17, 15) is 4.79 Å². The molecule has 0 N–H and O–H groups in total. The number of aryl methyl sites for hydroxylation is 1.